The van der Waals surface area contributed by atoms with Crippen molar-refractivity contribution in [2.45, 2.75) is 38.6 Å². The summed E-state index contributed by atoms with van der Waals surface area (Å²) in [4.78, 5) is 0. The van der Waals surface area contributed by atoms with Gasteiger partial charge < -0.3 is 18.8 Å². The number of nitrogens with zero attached hydrogens (tertiary/aromatic N) is 1. The Morgan fingerprint density at radius 2 is 1.00 bits per heavy atom. The van der Waals surface area contributed by atoms with Crippen LogP contribution in [0.15, 0.2) is 116 Å². The highest BCUT2D eigenvalue weighted by atomic mass is 16.6. The molecule has 1 heterocycles. The molecule has 174 valence electrons. The lowest BCUT2D eigenvalue weighted by Gasteiger charge is -2.19. The van der Waals surface area contributed by atoms with Gasteiger partial charge in [0.15, 0.2) is 0 Å². The zero-order valence-electron chi connectivity index (χ0n) is 19.3. The fourth-order valence-corrected chi connectivity index (χ4v) is 4.58. The third-order valence-electron chi connectivity index (χ3n) is 6.47. The maximum Gasteiger partial charge on any atom is 0.0970 e. The summed E-state index contributed by atoms with van der Waals surface area (Å²) in [6.45, 7) is 3.05. The van der Waals surface area contributed by atoms with Gasteiger partial charge in [-0.05, 0) is 28.8 Å². The van der Waals surface area contributed by atoms with E-state index >= 15 is 0 Å². The third-order valence-corrected chi connectivity index (χ3v) is 6.47. The first-order chi connectivity index (χ1) is 16.8. The van der Waals surface area contributed by atoms with E-state index in [1.54, 1.807) is 0 Å². The predicted octanol–water partition coefficient (Wildman–Crippen LogP) is 5.88. The molecule has 4 nitrogen and oxygen atoms in total. The lowest BCUT2D eigenvalue weighted by molar-refractivity contribution is 0.0158. The fraction of sp³-hybridized carbons (Fsp3) is 0.267. The molecule has 0 N–H and O–H groups in total. The number of rotatable bonds is 12. The van der Waals surface area contributed by atoms with E-state index in [1.807, 2.05) is 54.6 Å². The summed E-state index contributed by atoms with van der Waals surface area (Å²) in [5, 5.41) is 0. The van der Waals surface area contributed by atoms with Crippen molar-refractivity contribution in [3.05, 3.63) is 132 Å². The first-order valence-electron chi connectivity index (χ1n) is 11.9. The van der Waals surface area contributed by atoms with Gasteiger partial charge >= 0.3 is 0 Å². The Morgan fingerprint density at radius 1 is 0.559 bits per heavy atom. The molecule has 4 heteroatoms. The molecule has 0 saturated heterocycles. The Labute approximate surface area is 201 Å². The summed E-state index contributed by atoms with van der Waals surface area (Å²) in [5.74, 6) is 0. The van der Waals surface area contributed by atoms with Crippen molar-refractivity contribution in [1.29, 1.82) is 0 Å². The van der Waals surface area contributed by atoms with Crippen LogP contribution in [0.3, 0.4) is 0 Å². The van der Waals surface area contributed by atoms with Gasteiger partial charge in [0.25, 0.3) is 0 Å². The molecule has 5 rings (SSSR count). The van der Waals surface area contributed by atoms with Crippen molar-refractivity contribution >= 4 is 0 Å². The smallest absolute Gasteiger partial charge is 0.0970 e. The molecule has 1 fully saturated rings. The molecule has 3 aromatic carbocycles. The van der Waals surface area contributed by atoms with Gasteiger partial charge in [-0.25, -0.2) is 0 Å². The topological polar surface area (TPSA) is 32.6 Å². The maximum absolute atomic E-state index is 6.49. The average molecular weight is 454 g/mol. The molecule has 1 aliphatic carbocycles. The summed E-state index contributed by atoms with van der Waals surface area (Å²) < 4.78 is 21.5. The van der Waals surface area contributed by atoms with Crippen LogP contribution in [0.2, 0.25) is 0 Å². The normalized spacial score (nSPS) is 21.4. The molecule has 2 unspecified atom stereocenters. The molecule has 0 spiro atoms. The molecule has 4 aromatic rings. The monoisotopic (exact) mass is 453 g/mol. The van der Waals surface area contributed by atoms with Crippen LogP contribution in [0.5, 0.6) is 0 Å². The lowest BCUT2D eigenvalue weighted by Crippen LogP contribution is -2.24. The molecular weight excluding hydrogens is 422 g/mol. The lowest BCUT2D eigenvalue weighted by atomic mass is 10.1. The van der Waals surface area contributed by atoms with Crippen molar-refractivity contribution in [1.82, 2.24) is 4.57 Å². The molecule has 34 heavy (non-hydrogen) atoms. The second-order valence-electron chi connectivity index (χ2n) is 9.00. The van der Waals surface area contributed by atoms with Gasteiger partial charge in [-0.2, -0.15) is 0 Å². The Kier molecular flexibility index (Phi) is 7.20. The van der Waals surface area contributed by atoms with Crippen LogP contribution in [-0.2, 0) is 40.6 Å². The zero-order chi connectivity index (χ0) is 23.1. The van der Waals surface area contributed by atoms with Gasteiger partial charge in [0.05, 0.1) is 44.1 Å². The first-order valence-corrected chi connectivity index (χ1v) is 11.9. The highest BCUT2D eigenvalue weighted by molar-refractivity contribution is 5.20. The van der Waals surface area contributed by atoms with Crippen LogP contribution < -0.4 is 0 Å². The van der Waals surface area contributed by atoms with Gasteiger partial charge in [0, 0.05) is 18.9 Å². The van der Waals surface area contributed by atoms with E-state index in [2.05, 4.69) is 65.5 Å². The SMILES string of the molecule is c1ccc(COCC2(Cn3cccc3)C(OCc3ccccc3)C2OCc2ccccc2)cc1. The number of aromatic nitrogens is 1. The predicted molar refractivity (Wildman–Crippen MR) is 133 cm³/mol. The zero-order valence-corrected chi connectivity index (χ0v) is 19.3. The minimum Gasteiger partial charge on any atom is -0.376 e. The van der Waals surface area contributed by atoms with E-state index in [0.29, 0.717) is 26.4 Å². The minimum absolute atomic E-state index is 0.0467. The Bertz CT molecular complexity index is 1060. The summed E-state index contributed by atoms with van der Waals surface area (Å²) >= 11 is 0. The second kappa shape index (κ2) is 10.8. The Morgan fingerprint density at radius 3 is 1.47 bits per heavy atom. The number of hydrogen-bond donors (Lipinski definition) is 0. The molecule has 1 saturated carbocycles. The van der Waals surface area contributed by atoms with Crippen molar-refractivity contribution < 1.29 is 14.2 Å². The van der Waals surface area contributed by atoms with Crippen LogP contribution in [0.4, 0.5) is 0 Å². The molecule has 0 amide bonds. The van der Waals surface area contributed by atoms with Gasteiger partial charge in [0.1, 0.15) is 0 Å². The molecule has 1 aromatic heterocycles. The largest absolute Gasteiger partial charge is 0.376 e. The highest BCUT2D eigenvalue weighted by Gasteiger charge is 2.67. The van der Waals surface area contributed by atoms with E-state index in [-0.39, 0.29) is 17.6 Å². The fourth-order valence-electron chi connectivity index (χ4n) is 4.58. The van der Waals surface area contributed by atoms with Crippen LogP contribution in [0.25, 0.3) is 0 Å². The van der Waals surface area contributed by atoms with Crippen LogP contribution in [0, 0.1) is 5.41 Å². The molecule has 0 bridgehead atoms. The number of benzene rings is 3. The van der Waals surface area contributed by atoms with E-state index < -0.39 is 0 Å². The molecule has 2 atom stereocenters. The standard InChI is InChI=1S/C30H31NO3/c1-4-12-25(13-5-1)20-32-24-30(23-31-18-10-11-19-31)28(33-21-26-14-6-2-7-15-26)29(30)34-22-27-16-8-3-9-17-27/h1-19,28-29H,20-24H2. The van der Waals surface area contributed by atoms with Gasteiger partial charge in [0.2, 0.25) is 0 Å². The van der Waals surface area contributed by atoms with Gasteiger partial charge in [-0.3, -0.25) is 0 Å². The Balaban J connectivity index is 1.33. The number of hydrogen-bond acceptors (Lipinski definition) is 3. The maximum atomic E-state index is 6.49. The number of ether oxygens (including phenoxy) is 3. The summed E-state index contributed by atoms with van der Waals surface area (Å²) in [6.07, 6.45) is 4.10. The van der Waals surface area contributed by atoms with Crippen molar-refractivity contribution in [3.63, 3.8) is 0 Å². The molecular formula is C30H31NO3. The molecule has 1 aliphatic rings. The molecule has 0 aliphatic heterocycles. The second-order valence-corrected chi connectivity index (χ2v) is 9.00. The van der Waals surface area contributed by atoms with E-state index in [9.17, 15) is 0 Å². The van der Waals surface area contributed by atoms with E-state index in [1.165, 1.54) is 5.56 Å². The third kappa shape index (κ3) is 5.48. The van der Waals surface area contributed by atoms with Crippen molar-refractivity contribution in [2.24, 2.45) is 5.41 Å². The summed E-state index contributed by atoms with van der Waals surface area (Å²) in [5.41, 5.74) is 3.24. The highest BCUT2D eigenvalue weighted by Crippen LogP contribution is 2.53. The van der Waals surface area contributed by atoms with Crippen LogP contribution >= 0.6 is 0 Å². The van der Waals surface area contributed by atoms with Crippen molar-refractivity contribution in [3.8, 4) is 0 Å². The van der Waals surface area contributed by atoms with E-state index in [0.717, 1.165) is 17.7 Å². The van der Waals surface area contributed by atoms with Crippen molar-refractivity contribution in [2.75, 3.05) is 6.61 Å². The summed E-state index contributed by atoms with van der Waals surface area (Å²) in [6, 6.07) is 35.1. The van der Waals surface area contributed by atoms with Crippen LogP contribution in [0.1, 0.15) is 16.7 Å². The first kappa shape index (κ1) is 22.6. The van der Waals surface area contributed by atoms with E-state index in [4.69, 9.17) is 14.2 Å². The van der Waals surface area contributed by atoms with Crippen LogP contribution in [-0.4, -0.2) is 23.4 Å². The van der Waals surface area contributed by atoms with Gasteiger partial charge in [-0.15, -0.1) is 0 Å². The average Bonchev–Trinajstić information content (AvgIpc) is 3.17. The summed E-state index contributed by atoms with van der Waals surface area (Å²) in [7, 11) is 0. The van der Waals surface area contributed by atoms with Gasteiger partial charge in [-0.1, -0.05) is 91.0 Å². The quantitative estimate of drug-likeness (QED) is 0.269. The Hall–Kier alpha value is -3.18. The minimum atomic E-state index is -0.253. The molecule has 0 radical (unpaired) electrons.